The minimum Gasteiger partial charge on any atom is -0.493 e. The fourth-order valence-corrected chi connectivity index (χ4v) is 2.33. The fourth-order valence-electron chi connectivity index (χ4n) is 2.33. The van der Waals surface area contributed by atoms with Crippen molar-refractivity contribution in [2.75, 3.05) is 7.11 Å². The molecule has 0 fully saturated rings. The minimum absolute atomic E-state index is 0.161. The van der Waals surface area contributed by atoms with Gasteiger partial charge in [0, 0.05) is 12.5 Å². The second kappa shape index (κ2) is 8.15. The van der Waals surface area contributed by atoms with E-state index in [4.69, 9.17) is 13.9 Å². The average Bonchev–Trinajstić information content (AvgIpc) is 3.10. The Kier molecular flexibility index (Phi) is 5.48. The Morgan fingerprint density at radius 3 is 2.62 bits per heavy atom. The van der Waals surface area contributed by atoms with Gasteiger partial charge in [-0.25, -0.2) is 0 Å². The molecule has 0 saturated heterocycles. The molecule has 1 N–H and O–H groups in total. The van der Waals surface area contributed by atoms with Gasteiger partial charge in [-0.3, -0.25) is 4.79 Å². The van der Waals surface area contributed by atoms with Gasteiger partial charge in [0.2, 0.25) is 11.8 Å². The molecule has 0 aliphatic rings. The normalized spacial score (nSPS) is 10.4. The van der Waals surface area contributed by atoms with E-state index < -0.39 is 0 Å². The number of carbonyl (C=O) groups is 1. The van der Waals surface area contributed by atoms with Crippen LogP contribution >= 0.6 is 0 Å². The van der Waals surface area contributed by atoms with Crippen LogP contribution in [-0.4, -0.2) is 23.2 Å². The van der Waals surface area contributed by atoms with E-state index in [9.17, 15) is 4.79 Å². The standard InChI is InChI=1S/C19H19N3O4/c1-13-21-22-18(26-13)11-20-19(23)15-8-9-16(17(10-15)24-2)25-12-14-6-4-3-5-7-14/h3-10H,11-12H2,1-2H3,(H,20,23). The lowest BCUT2D eigenvalue weighted by Crippen LogP contribution is -2.23. The van der Waals surface area contributed by atoms with Crippen LogP contribution in [0.3, 0.4) is 0 Å². The molecule has 0 saturated carbocycles. The van der Waals surface area contributed by atoms with E-state index in [2.05, 4.69) is 15.5 Å². The lowest BCUT2D eigenvalue weighted by atomic mass is 10.2. The Morgan fingerprint density at radius 1 is 1.12 bits per heavy atom. The summed E-state index contributed by atoms with van der Waals surface area (Å²) in [4.78, 5) is 12.3. The Bertz CT molecular complexity index is 878. The number of methoxy groups -OCH3 is 1. The maximum Gasteiger partial charge on any atom is 0.251 e. The van der Waals surface area contributed by atoms with Gasteiger partial charge in [0.15, 0.2) is 11.5 Å². The van der Waals surface area contributed by atoms with Crippen molar-refractivity contribution < 1.29 is 18.7 Å². The predicted molar refractivity (Wildman–Crippen MR) is 94.0 cm³/mol. The number of nitrogens with zero attached hydrogens (tertiary/aromatic N) is 2. The molecule has 3 rings (SSSR count). The molecule has 0 unspecified atom stereocenters. The van der Waals surface area contributed by atoms with Gasteiger partial charge in [0.25, 0.3) is 5.91 Å². The third kappa shape index (κ3) is 4.38. The molecular formula is C19H19N3O4. The zero-order valence-corrected chi connectivity index (χ0v) is 14.6. The summed E-state index contributed by atoms with van der Waals surface area (Å²) in [6.07, 6.45) is 0. The second-order valence-corrected chi connectivity index (χ2v) is 5.54. The quantitative estimate of drug-likeness (QED) is 0.703. The Hall–Kier alpha value is -3.35. The van der Waals surface area contributed by atoms with Gasteiger partial charge in [-0.15, -0.1) is 10.2 Å². The van der Waals surface area contributed by atoms with E-state index >= 15 is 0 Å². The van der Waals surface area contributed by atoms with Crippen molar-refractivity contribution in [1.29, 1.82) is 0 Å². The van der Waals surface area contributed by atoms with Gasteiger partial charge < -0.3 is 19.2 Å². The third-order valence-corrected chi connectivity index (χ3v) is 3.63. The first-order valence-corrected chi connectivity index (χ1v) is 8.07. The summed E-state index contributed by atoms with van der Waals surface area (Å²) in [5.41, 5.74) is 1.50. The van der Waals surface area contributed by atoms with Crippen molar-refractivity contribution in [2.45, 2.75) is 20.1 Å². The molecular weight excluding hydrogens is 334 g/mol. The van der Waals surface area contributed by atoms with Gasteiger partial charge in [-0.05, 0) is 23.8 Å². The summed E-state index contributed by atoms with van der Waals surface area (Å²) in [5, 5.41) is 10.3. The number of amides is 1. The van der Waals surface area contributed by atoms with E-state index in [1.54, 1.807) is 25.1 Å². The van der Waals surface area contributed by atoms with Crippen LogP contribution in [0.5, 0.6) is 11.5 Å². The molecule has 0 spiro atoms. The van der Waals surface area contributed by atoms with Gasteiger partial charge in [-0.2, -0.15) is 0 Å². The number of rotatable bonds is 7. The number of benzene rings is 2. The number of nitrogens with one attached hydrogen (secondary N) is 1. The molecule has 7 nitrogen and oxygen atoms in total. The zero-order chi connectivity index (χ0) is 18.4. The van der Waals surface area contributed by atoms with E-state index in [1.165, 1.54) is 7.11 Å². The summed E-state index contributed by atoms with van der Waals surface area (Å²) in [7, 11) is 1.54. The molecule has 0 aliphatic carbocycles. The average molecular weight is 353 g/mol. The molecule has 7 heteroatoms. The number of hydrogen-bond acceptors (Lipinski definition) is 6. The highest BCUT2D eigenvalue weighted by atomic mass is 16.5. The fraction of sp³-hybridized carbons (Fsp3) is 0.211. The maximum atomic E-state index is 12.3. The van der Waals surface area contributed by atoms with Crippen molar-refractivity contribution in [3.63, 3.8) is 0 Å². The van der Waals surface area contributed by atoms with E-state index in [-0.39, 0.29) is 12.5 Å². The summed E-state index contributed by atoms with van der Waals surface area (Å²) < 4.78 is 16.4. The van der Waals surface area contributed by atoms with Crippen LogP contribution in [0, 0.1) is 6.92 Å². The molecule has 0 atom stereocenters. The van der Waals surface area contributed by atoms with Crippen LogP contribution in [0.2, 0.25) is 0 Å². The summed E-state index contributed by atoms with van der Waals surface area (Å²) in [5.74, 6) is 1.60. The highest BCUT2D eigenvalue weighted by molar-refractivity contribution is 5.94. The molecule has 3 aromatic rings. The van der Waals surface area contributed by atoms with Crippen LogP contribution in [0.4, 0.5) is 0 Å². The smallest absolute Gasteiger partial charge is 0.251 e. The van der Waals surface area contributed by atoms with E-state index in [0.717, 1.165) is 5.56 Å². The summed E-state index contributed by atoms with van der Waals surface area (Å²) in [6, 6.07) is 14.8. The predicted octanol–water partition coefficient (Wildman–Crippen LogP) is 2.90. The van der Waals surface area contributed by atoms with Crippen LogP contribution in [0.1, 0.15) is 27.7 Å². The molecule has 1 aromatic heterocycles. The van der Waals surface area contributed by atoms with Crippen molar-refractivity contribution in [3.8, 4) is 11.5 Å². The van der Waals surface area contributed by atoms with Gasteiger partial charge >= 0.3 is 0 Å². The Morgan fingerprint density at radius 2 is 1.92 bits per heavy atom. The largest absolute Gasteiger partial charge is 0.493 e. The highest BCUT2D eigenvalue weighted by Crippen LogP contribution is 2.28. The molecule has 2 aromatic carbocycles. The van der Waals surface area contributed by atoms with Gasteiger partial charge in [-0.1, -0.05) is 30.3 Å². The lowest BCUT2D eigenvalue weighted by Gasteiger charge is -2.12. The van der Waals surface area contributed by atoms with Crippen LogP contribution in [0.25, 0.3) is 0 Å². The van der Waals surface area contributed by atoms with Crippen molar-refractivity contribution in [1.82, 2.24) is 15.5 Å². The number of ether oxygens (including phenoxy) is 2. The maximum absolute atomic E-state index is 12.3. The Labute approximate surface area is 151 Å². The highest BCUT2D eigenvalue weighted by Gasteiger charge is 2.12. The van der Waals surface area contributed by atoms with Crippen molar-refractivity contribution in [3.05, 3.63) is 71.4 Å². The number of hydrogen-bond donors (Lipinski definition) is 1. The van der Waals surface area contributed by atoms with Crippen molar-refractivity contribution in [2.24, 2.45) is 0 Å². The number of carbonyl (C=O) groups excluding carboxylic acids is 1. The van der Waals surface area contributed by atoms with Crippen LogP contribution in [0.15, 0.2) is 52.9 Å². The zero-order valence-electron chi connectivity index (χ0n) is 14.6. The summed E-state index contributed by atoms with van der Waals surface area (Å²) >= 11 is 0. The minimum atomic E-state index is -0.270. The lowest BCUT2D eigenvalue weighted by molar-refractivity contribution is 0.0946. The molecule has 0 radical (unpaired) electrons. The SMILES string of the molecule is COc1cc(C(=O)NCc2nnc(C)o2)ccc1OCc1ccccc1. The topological polar surface area (TPSA) is 86.5 Å². The van der Waals surface area contributed by atoms with E-state index in [0.29, 0.717) is 35.5 Å². The first kappa shape index (κ1) is 17.5. The molecule has 1 heterocycles. The van der Waals surface area contributed by atoms with Gasteiger partial charge in [0.05, 0.1) is 13.7 Å². The first-order valence-electron chi connectivity index (χ1n) is 8.07. The van der Waals surface area contributed by atoms with Gasteiger partial charge in [0.1, 0.15) is 6.61 Å². The number of aryl methyl sites for hydroxylation is 1. The number of aromatic nitrogens is 2. The molecule has 0 bridgehead atoms. The molecule has 134 valence electrons. The first-order chi connectivity index (χ1) is 12.7. The summed E-state index contributed by atoms with van der Waals surface area (Å²) in [6.45, 7) is 2.27. The monoisotopic (exact) mass is 353 g/mol. The van der Waals surface area contributed by atoms with E-state index in [1.807, 2.05) is 30.3 Å². The van der Waals surface area contributed by atoms with Crippen LogP contribution in [-0.2, 0) is 13.2 Å². The molecule has 0 aliphatic heterocycles. The molecule has 26 heavy (non-hydrogen) atoms. The Balaban J connectivity index is 1.64. The molecule has 1 amide bonds. The third-order valence-electron chi connectivity index (χ3n) is 3.63. The van der Waals surface area contributed by atoms with Crippen molar-refractivity contribution >= 4 is 5.91 Å². The second-order valence-electron chi connectivity index (χ2n) is 5.54. The van der Waals surface area contributed by atoms with Crippen LogP contribution < -0.4 is 14.8 Å².